The zero-order valence-electron chi connectivity index (χ0n) is 9.37. The SMILES string of the molecule is C=CC(=O)N1CCC1COc1cncnc1N. The molecular weight excluding hydrogens is 220 g/mol. The molecule has 1 aromatic rings. The molecule has 6 heteroatoms. The maximum absolute atomic E-state index is 11.4. The average molecular weight is 234 g/mol. The summed E-state index contributed by atoms with van der Waals surface area (Å²) in [6.07, 6.45) is 5.11. The van der Waals surface area contributed by atoms with Crippen LogP contribution in [0.1, 0.15) is 6.42 Å². The lowest BCUT2D eigenvalue weighted by Gasteiger charge is -2.39. The van der Waals surface area contributed by atoms with E-state index in [1.165, 1.54) is 18.6 Å². The van der Waals surface area contributed by atoms with Crippen molar-refractivity contribution in [1.29, 1.82) is 0 Å². The summed E-state index contributed by atoms with van der Waals surface area (Å²) in [7, 11) is 0. The minimum Gasteiger partial charge on any atom is -0.486 e. The molecule has 17 heavy (non-hydrogen) atoms. The third-order valence-corrected chi connectivity index (χ3v) is 2.74. The molecule has 2 N–H and O–H groups in total. The van der Waals surface area contributed by atoms with Crippen molar-refractivity contribution in [2.75, 3.05) is 18.9 Å². The number of carbonyl (C=O) groups is 1. The van der Waals surface area contributed by atoms with Crippen LogP contribution in [0.3, 0.4) is 0 Å². The van der Waals surface area contributed by atoms with E-state index in [0.717, 1.165) is 13.0 Å². The number of aromatic nitrogens is 2. The van der Waals surface area contributed by atoms with E-state index in [1.807, 2.05) is 0 Å². The van der Waals surface area contributed by atoms with Crippen molar-refractivity contribution in [2.24, 2.45) is 0 Å². The van der Waals surface area contributed by atoms with Gasteiger partial charge in [-0.2, -0.15) is 0 Å². The molecule has 1 amide bonds. The van der Waals surface area contributed by atoms with E-state index in [1.54, 1.807) is 4.90 Å². The van der Waals surface area contributed by atoms with Crippen LogP contribution in [0.5, 0.6) is 5.75 Å². The Morgan fingerprint density at radius 2 is 2.59 bits per heavy atom. The fraction of sp³-hybridized carbons (Fsp3) is 0.364. The Balaban J connectivity index is 1.89. The highest BCUT2D eigenvalue weighted by Gasteiger charge is 2.31. The number of amides is 1. The second kappa shape index (κ2) is 4.82. The first-order valence-corrected chi connectivity index (χ1v) is 5.33. The first-order chi connectivity index (χ1) is 8.22. The molecule has 1 atom stereocenters. The van der Waals surface area contributed by atoms with Crippen molar-refractivity contribution in [3.8, 4) is 5.75 Å². The summed E-state index contributed by atoms with van der Waals surface area (Å²) >= 11 is 0. The molecule has 0 spiro atoms. The van der Waals surface area contributed by atoms with Gasteiger partial charge in [-0.15, -0.1) is 0 Å². The fourth-order valence-electron chi connectivity index (χ4n) is 1.64. The van der Waals surface area contributed by atoms with Gasteiger partial charge in [0.1, 0.15) is 12.9 Å². The molecule has 0 radical (unpaired) electrons. The Kier molecular flexibility index (Phi) is 3.22. The van der Waals surface area contributed by atoms with Gasteiger partial charge in [-0.3, -0.25) is 4.79 Å². The van der Waals surface area contributed by atoms with Gasteiger partial charge < -0.3 is 15.4 Å². The second-order valence-electron chi connectivity index (χ2n) is 3.76. The van der Waals surface area contributed by atoms with Crippen LogP contribution in [0.15, 0.2) is 25.2 Å². The van der Waals surface area contributed by atoms with Gasteiger partial charge in [0, 0.05) is 6.54 Å². The summed E-state index contributed by atoms with van der Waals surface area (Å²) in [6, 6.07) is 0.0834. The average Bonchev–Trinajstić information content (AvgIpc) is 2.30. The number of hydrogen-bond donors (Lipinski definition) is 1. The normalized spacial score (nSPS) is 18.4. The molecule has 0 saturated carbocycles. The van der Waals surface area contributed by atoms with Gasteiger partial charge in [0.15, 0.2) is 11.6 Å². The number of hydrogen-bond acceptors (Lipinski definition) is 5. The molecule has 1 unspecified atom stereocenters. The molecule has 2 rings (SSSR count). The number of nitrogens with zero attached hydrogens (tertiary/aromatic N) is 3. The molecule has 90 valence electrons. The summed E-state index contributed by atoms with van der Waals surface area (Å²) in [6.45, 7) is 4.61. The van der Waals surface area contributed by atoms with E-state index < -0.39 is 0 Å². The van der Waals surface area contributed by atoms with Crippen LogP contribution in [-0.4, -0.2) is 40.0 Å². The molecule has 1 aromatic heterocycles. The maximum Gasteiger partial charge on any atom is 0.246 e. The number of nitrogens with two attached hydrogens (primary N) is 1. The van der Waals surface area contributed by atoms with Crippen molar-refractivity contribution in [2.45, 2.75) is 12.5 Å². The predicted molar refractivity (Wildman–Crippen MR) is 62.3 cm³/mol. The number of carbonyl (C=O) groups excluding carboxylic acids is 1. The largest absolute Gasteiger partial charge is 0.486 e. The highest BCUT2D eigenvalue weighted by molar-refractivity contribution is 5.87. The molecule has 1 aliphatic heterocycles. The number of anilines is 1. The van der Waals surface area contributed by atoms with Gasteiger partial charge in [0.25, 0.3) is 0 Å². The lowest BCUT2D eigenvalue weighted by molar-refractivity contribution is -0.134. The summed E-state index contributed by atoms with van der Waals surface area (Å²) in [5.74, 6) is 0.688. The monoisotopic (exact) mass is 234 g/mol. The molecule has 0 aromatic carbocycles. The van der Waals surface area contributed by atoms with Crippen molar-refractivity contribution in [1.82, 2.24) is 14.9 Å². The molecule has 2 heterocycles. The Hall–Kier alpha value is -2.11. The molecule has 6 nitrogen and oxygen atoms in total. The number of ether oxygens (including phenoxy) is 1. The number of likely N-dealkylation sites (tertiary alicyclic amines) is 1. The van der Waals surface area contributed by atoms with Crippen LogP contribution in [0.2, 0.25) is 0 Å². The zero-order valence-corrected chi connectivity index (χ0v) is 9.37. The van der Waals surface area contributed by atoms with Crippen LogP contribution >= 0.6 is 0 Å². The van der Waals surface area contributed by atoms with E-state index in [4.69, 9.17) is 10.5 Å². The molecular formula is C11H14N4O2. The maximum atomic E-state index is 11.4. The summed E-state index contributed by atoms with van der Waals surface area (Å²) in [5, 5.41) is 0. The van der Waals surface area contributed by atoms with Crippen molar-refractivity contribution < 1.29 is 9.53 Å². The highest BCUT2D eigenvalue weighted by atomic mass is 16.5. The highest BCUT2D eigenvalue weighted by Crippen LogP contribution is 2.21. The third kappa shape index (κ3) is 2.35. The van der Waals surface area contributed by atoms with Crippen molar-refractivity contribution in [3.05, 3.63) is 25.2 Å². The van der Waals surface area contributed by atoms with E-state index in [-0.39, 0.29) is 11.9 Å². The van der Waals surface area contributed by atoms with Crippen LogP contribution in [0, 0.1) is 0 Å². The van der Waals surface area contributed by atoms with Gasteiger partial charge in [-0.05, 0) is 12.5 Å². The topological polar surface area (TPSA) is 81.3 Å². The predicted octanol–water partition coefficient (Wildman–Crippen LogP) is 0.225. The molecule has 0 aliphatic carbocycles. The molecule has 1 aliphatic rings. The van der Waals surface area contributed by atoms with E-state index in [0.29, 0.717) is 18.2 Å². The van der Waals surface area contributed by atoms with Gasteiger partial charge in [-0.1, -0.05) is 6.58 Å². The first-order valence-electron chi connectivity index (χ1n) is 5.33. The smallest absolute Gasteiger partial charge is 0.246 e. The standard InChI is InChI=1S/C11H14N4O2/c1-2-10(16)15-4-3-8(15)6-17-9-5-13-7-14-11(9)12/h2,5,7-8H,1,3-4,6H2,(H2,12,13,14). The Bertz CT molecular complexity index is 435. The lowest BCUT2D eigenvalue weighted by atomic mass is 10.0. The van der Waals surface area contributed by atoms with Crippen molar-refractivity contribution in [3.63, 3.8) is 0 Å². The number of nitrogen functional groups attached to an aromatic ring is 1. The fourth-order valence-corrected chi connectivity index (χ4v) is 1.64. The number of rotatable bonds is 4. The van der Waals surface area contributed by atoms with Crippen LogP contribution in [0.4, 0.5) is 5.82 Å². The molecule has 1 saturated heterocycles. The Morgan fingerprint density at radius 1 is 1.76 bits per heavy atom. The van der Waals surface area contributed by atoms with Crippen LogP contribution in [0.25, 0.3) is 0 Å². The van der Waals surface area contributed by atoms with Crippen molar-refractivity contribution >= 4 is 11.7 Å². The second-order valence-corrected chi connectivity index (χ2v) is 3.76. The molecule has 1 fully saturated rings. The Labute approximate surface area is 99.1 Å². The van der Waals surface area contributed by atoms with Gasteiger partial charge in [0.05, 0.1) is 12.2 Å². The summed E-state index contributed by atoms with van der Waals surface area (Å²) < 4.78 is 5.49. The summed E-state index contributed by atoms with van der Waals surface area (Å²) in [4.78, 5) is 20.7. The van der Waals surface area contributed by atoms with Crippen LogP contribution < -0.4 is 10.5 Å². The van der Waals surface area contributed by atoms with Crippen LogP contribution in [-0.2, 0) is 4.79 Å². The van der Waals surface area contributed by atoms with E-state index in [9.17, 15) is 4.79 Å². The third-order valence-electron chi connectivity index (χ3n) is 2.74. The quantitative estimate of drug-likeness (QED) is 0.754. The van der Waals surface area contributed by atoms with Gasteiger partial charge in [-0.25, -0.2) is 9.97 Å². The lowest BCUT2D eigenvalue weighted by Crippen LogP contribution is -2.53. The first kappa shape index (κ1) is 11.4. The van der Waals surface area contributed by atoms with E-state index in [2.05, 4.69) is 16.5 Å². The summed E-state index contributed by atoms with van der Waals surface area (Å²) in [5.41, 5.74) is 5.61. The van der Waals surface area contributed by atoms with Gasteiger partial charge in [0.2, 0.25) is 5.91 Å². The van der Waals surface area contributed by atoms with Gasteiger partial charge >= 0.3 is 0 Å². The minimum atomic E-state index is -0.0675. The minimum absolute atomic E-state index is 0.0675. The van der Waals surface area contributed by atoms with E-state index >= 15 is 0 Å². The molecule has 0 bridgehead atoms. The Morgan fingerprint density at radius 3 is 3.18 bits per heavy atom. The zero-order chi connectivity index (χ0) is 12.3.